The van der Waals surface area contributed by atoms with Crippen LogP contribution in [0.25, 0.3) is 0 Å². The third-order valence-electron chi connectivity index (χ3n) is 3.94. The molecule has 1 amide bonds. The molecule has 0 bridgehead atoms. The minimum absolute atomic E-state index is 0.294. The monoisotopic (exact) mass is 359 g/mol. The molecule has 0 fully saturated rings. The lowest BCUT2D eigenvalue weighted by Gasteiger charge is -2.33. The van der Waals surface area contributed by atoms with Crippen LogP contribution in [0, 0.1) is 0 Å². The van der Waals surface area contributed by atoms with Crippen LogP contribution < -0.4 is 10.1 Å². The van der Waals surface area contributed by atoms with E-state index in [1.807, 2.05) is 19.2 Å². The molecule has 7 heteroatoms. The summed E-state index contributed by atoms with van der Waals surface area (Å²) in [6.07, 6.45) is -2.80. The Morgan fingerprint density at radius 1 is 1.32 bits per heavy atom. The number of rotatable bonds is 9. The maximum atomic E-state index is 12.4. The van der Waals surface area contributed by atoms with Crippen molar-refractivity contribution in [2.75, 3.05) is 13.7 Å². The van der Waals surface area contributed by atoms with Gasteiger partial charge < -0.3 is 14.8 Å². The van der Waals surface area contributed by atoms with Gasteiger partial charge in [-0.3, -0.25) is 4.79 Å². The lowest BCUT2D eigenvalue weighted by atomic mass is 9.97. The fourth-order valence-corrected chi connectivity index (χ4v) is 2.26. The zero-order chi connectivity index (χ0) is 19.1. The van der Waals surface area contributed by atoms with E-state index < -0.39 is 23.8 Å². The molecule has 1 aromatic carbocycles. The quantitative estimate of drug-likeness (QED) is 0.673. The molecule has 0 aliphatic carbocycles. The van der Waals surface area contributed by atoms with Crippen LogP contribution in [-0.2, 0) is 9.53 Å². The zero-order valence-electron chi connectivity index (χ0n) is 14.7. The van der Waals surface area contributed by atoms with E-state index in [0.717, 1.165) is 0 Å². The minimum atomic E-state index is -4.93. The molecule has 0 saturated heterocycles. The maximum absolute atomic E-state index is 12.4. The largest absolute Gasteiger partial charge is 0.497 e. The Morgan fingerprint density at radius 2 is 1.92 bits per heavy atom. The van der Waals surface area contributed by atoms with Gasteiger partial charge in [-0.05, 0) is 37.5 Å². The maximum Gasteiger partial charge on any atom is 0.471 e. The predicted octanol–water partition coefficient (Wildman–Crippen LogP) is 4.18. The summed E-state index contributed by atoms with van der Waals surface area (Å²) in [6, 6.07) is 6.78. The van der Waals surface area contributed by atoms with Crippen molar-refractivity contribution in [2.45, 2.75) is 44.6 Å². The molecule has 1 rings (SSSR count). The number of methoxy groups -OCH3 is 1. The number of halogens is 3. The fraction of sp³-hybridized carbons (Fsp3) is 0.500. The van der Waals surface area contributed by atoms with E-state index in [9.17, 15) is 18.0 Å². The van der Waals surface area contributed by atoms with Crippen LogP contribution in [0.2, 0.25) is 0 Å². The average molecular weight is 359 g/mol. The molecule has 0 heterocycles. The molecule has 0 spiro atoms. The fourth-order valence-electron chi connectivity index (χ4n) is 2.26. The smallest absolute Gasteiger partial charge is 0.471 e. The van der Waals surface area contributed by atoms with Crippen LogP contribution in [0.15, 0.2) is 36.9 Å². The Labute approximate surface area is 146 Å². The van der Waals surface area contributed by atoms with Crippen molar-refractivity contribution in [3.63, 3.8) is 0 Å². The van der Waals surface area contributed by atoms with Crippen molar-refractivity contribution >= 4 is 5.91 Å². The number of hydrogen-bond donors (Lipinski definition) is 1. The summed E-state index contributed by atoms with van der Waals surface area (Å²) in [5.41, 5.74) is 0.0435. The molecular formula is C18H24F3NO3. The van der Waals surface area contributed by atoms with Crippen molar-refractivity contribution in [1.29, 1.82) is 0 Å². The third kappa shape index (κ3) is 6.42. The molecule has 140 valence electrons. The van der Waals surface area contributed by atoms with Gasteiger partial charge in [0.1, 0.15) is 11.9 Å². The number of ether oxygens (including phenoxy) is 2. The van der Waals surface area contributed by atoms with E-state index >= 15 is 0 Å². The van der Waals surface area contributed by atoms with Gasteiger partial charge in [-0.15, -0.1) is 6.58 Å². The molecule has 0 unspecified atom stereocenters. The Bertz CT molecular complexity index is 572. The van der Waals surface area contributed by atoms with E-state index in [2.05, 4.69) is 6.58 Å². The van der Waals surface area contributed by atoms with Gasteiger partial charge in [0.15, 0.2) is 0 Å². The summed E-state index contributed by atoms with van der Waals surface area (Å²) in [5, 5.41) is 1.89. The van der Waals surface area contributed by atoms with Crippen LogP contribution in [0.4, 0.5) is 13.2 Å². The predicted molar refractivity (Wildman–Crippen MR) is 89.4 cm³/mol. The first-order valence-electron chi connectivity index (χ1n) is 7.93. The molecule has 0 aliphatic heterocycles. The van der Waals surface area contributed by atoms with Crippen LogP contribution in [-0.4, -0.2) is 31.3 Å². The van der Waals surface area contributed by atoms with Crippen molar-refractivity contribution in [3.05, 3.63) is 42.5 Å². The number of hydrogen-bond acceptors (Lipinski definition) is 3. The number of amides is 1. The van der Waals surface area contributed by atoms with Gasteiger partial charge in [0, 0.05) is 6.54 Å². The standard InChI is InChI=1S/C18H24F3NO3/c1-5-11-17(3,6-2)25-15(12-22-16(23)18(19,20)21)13-7-9-14(24-4)10-8-13/h5,7-10,15H,1,6,11-12H2,2-4H3,(H,22,23)/t15-,17-/m0/s1. The van der Waals surface area contributed by atoms with Crippen LogP contribution in [0.1, 0.15) is 38.4 Å². The Kier molecular flexibility index (Phi) is 7.48. The van der Waals surface area contributed by atoms with E-state index in [1.165, 1.54) is 7.11 Å². The Hall–Kier alpha value is -2.02. The van der Waals surface area contributed by atoms with Gasteiger partial charge in [0.2, 0.25) is 0 Å². The van der Waals surface area contributed by atoms with Crippen molar-refractivity contribution in [2.24, 2.45) is 0 Å². The number of alkyl halides is 3. The molecule has 1 aromatic rings. The lowest BCUT2D eigenvalue weighted by molar-refractivity contribution is -0.174. The molecule has 2 atom stereocenters. The number of carbonyl (C=O) groups excluding carboxylic acids is 1. The van der Waals surface area contributed by atoms with Crippen LogP contribution >= 0.6 is 0 Å². The second-order valence-corrected chi connectivity index (χ2v) is 5.88. The van der Waals surface area contributed by atoms with E-state index in [0.29, 0.717) is 24.2 Å². The van der Waals surface area contributed by atoms with Crippen molar-refractivity contribution < 1.29 is 27.4 Å². The average Bonchev–Trinajstić information content (AvgIpc) is 2.57. The highest BCUT2D eigenvalue weighted by molar-refractivity contribution is 5.81. The minimum Gasteiger partial charge on any atom is -0.497 e. The molecule has 0 radical (unpaired) electrons. The van der Waals surface area contributed by atoms with Gasteiger partial charge in [-0.2, -0.15) is 13.2 Å². The number of nitrogens with one attached hydrogen (secondary N) is 1. The summed E-state index contributed by atoms with van der Waals surface area (Å²) >= 11 is 0. The van der Waals surface area contributed by atoms with Crippen LogP contribution in [0.5, 0.6) is 5.75 Å². The first-order chi connectivity index (χ1) is 11.6. The highest BCUT2D eigenvalue weighted by atomic mass is 19.4. The SMILES string of the molecule is C=CC[C@](C)(CC)O[C@@H](CNC(=O)C(F)(F)F)c1ccc(OC)cc1. The van der Waals surface area contributed by atoms with Gasteiger partial charge in [-0.1, -0.05) is 25.1 Å². The third-order valence-corrected chi connectivity index (χ3v) is 3.94. The van der Waals surface area contributed by atoms with Crippen LogP contribution in [0.3, 0.4) is 0 Å². The van der Waals surface area contributed by atoms with E-state index in [-0.39, 0.29) is 6.54 Å². The summed E-state index contributed by atoms with van der Waals surface area (Å²) in [7, 11) is 1.52. The molecular weight excluding hydrogens is 335 g/mol. The van der Waals surface area contributed by atoms with Crippen molar-refractivity contribution in [3.8, 4) is 5.75 Å². The second kappa shape index (κ2) is 8.89. The van der Waals surface area contributed by atoms with E-state index in [4.69, 9.17) is 9.47 Å². The normalized spacial score (nSPS) is 15.1. The van der Waals surface area contributed by atoms with Gasteiger partial charge in [0.25, 0.3) is 0 Å². The van der Waals surface area contributed by atoms with E-state index in [1.54, 1.807) is 30.3 Å². The van der Waals surface area contributed by atoms with Gasteiger partial charge in [-0.25, -0.2) is 0 Å². The molecule has 0 saturated carbocycles. The number of benzene rings is 1. The molecule has 0 aliphatic rings. The van der Waals surface area contributed by atoms with Gasteiger partial charge in [0.05, 0.1) is 12.7 Å². The Balaban J connectivity index is 2.99. The summed E-state index contributed by atoms with van der Waals surface area (Å²) in [5.74, 6) is -1.37. The summed E-state index contributed by atoms with van der Waals surface area (Å²) in [4.78, 5) is 11.1. The molecule has 1 N–H and O–H groups in total. The van der Waals surface area contributed by atoms with Crippen molar-refractivity contribution in [1.82, 2.24) is 5.32 Å². The molecule has 4 nitrogen and oxygen atoms in total. The first kappa shape index (κ1) is 21.0. The summed E-state index contributed by atoms with van der Waals surface area (Å²) < 4.78 is 48.5. The second-order valence-electron chi connectivity index (χ2n) is 5.88. The molecule has 0 aromatic heterocycles. The lowest BCUT2D eigenvalue weighted by Crippen LogP contribution is -2.41. The molecule has 25 heavy (non-hydrogen) atoms. The first-order valence-corrected chi connectivity index (χ1v) is 7.93. The van der Waals surface area contributed by atoms with Gasteiger partial charge >= 0.3 is 12.1 Å². The highest BCUT2D eigenvalue weighted by Gasteiger charge is 2.39. The Morgan fingerprint density at radius 3 is 2.36 bits per heavy atom. The highest BCUT2D eigenvalue weighted by Crippen LogP contribution is 2.30. The topological polar surface area (TPSA) is 47.6 Å². The summed E-state index contributed by atoms with van der Waals surface area (Å²) in [6.45, 7) is 7.17. The zero-order valence-corrected chi connectivity index (χ0v) is 14.7. The number of carbonyl (C=O) groups is 1.